The maximum Gasteiger partial charge on any atom is 0.222 e. The van der Waals surface area contributed by atoms with Crippen molar-refractivity contribution in [3.05, 3.63) is 52.9 Å². The van der Waals surface area contributed by atoms with E-state index in [2.05, 4.69) is 25.2 Å². The molecule has 9 heteroatoms. The minimum atomic E-state index is -0.580. The first-order valence-electron chi connectivity index (χ1n) is 10.9. The summed E-state index contributed by atoms with van der Waals surface area (Å²) in [5.41, 5.74) is 8.90. The molecule has 8 nitrogen and oxygen atoms in total. The number of nitrogens with zero attached hydrogens (tertiary/aromatic N) is 3. The number of hydrogen-bond donors (Lipinski definition) is 4. The second-order valence-corrected chi connectivity index (χ2v) is 9.04. The fourth-order valence-corrected chi connectivity index (χ4v) is 4.52. The normalized spacial score (nSPS) is 16.8. The van der Waals surface area contributed by atoms with Crippen LogP contribution in [0, 0.1) is 6.92 Å². The number of amides is 1. The van der Waals surface area contributed by atoms with E-state index in [4.69, 9.17) is 17.3 Å². The Hall–Kier alpha value is -2.68. The molecular weight excluding hydrogens is 428 g/mol. The van der Waals surface area contributed by atoms with Crippen molar-refractivity contribution in [2.45, 2.75) is 44.2 Å². The molecule has 0 bridgehead atoms. The molecule has 4 rings (SSSR count). The Labute approximate surface area is 192 Å². The number of benzene rings is 1. The van der Waals surface area contributed by atoms with Crippen molar-refractivity contribution in [1.29, 1.82) is 0 Å². The van der Waals surface area contributed by atoms with Crippen LogP contribution in [0.2, 0.25) is 5.02 Å². The van der Waals surface area contributed by atoms with E-state index in [9.17, 15) is 9.90 Å². The van der Waals surface area contributed by atoms with Gasteiger partial charge in [-0.2, -0.15) is 0 Å². The number of fused-ring (bicyclic) bond motifs is 1. The van der Waals surface area contributed by atoms with Gasteiger partial charge in [0.25, 0.3) is 0 Å². The number of hydrogen-bond acceptors (Lipinski definition) is 6. The molecule has 1 aromatic carbocycles. The summed E-state index contributed by atoms with van der Waals surface area (Å²) < 4.78 is 0. The van der Waals surface area contributed by atoms with Crippen molar-refractivity contribution in [2.24, 2.45) is 5.73 Å². The predicted octanol–water partition coefficient (Wildman–Crippen LogP) is 2.85. The lowest BCUT2D eigenvalue weighted by molar-refractivity contribution is -0.123. The van der Waals surface area contributed by atoms with Crippen LogP contribution in [0.3, 0.4) is 0 Å². The Bertz CT molecular complexity index is 1080. The number of rotatable bonds is 7. The molecule has 3 aromatic rings. The Morgan fingerprint density at radius 1 is 1.31 bits per heavy atom. The monoisotopic (exact) mass is 456 g/mol. The van der Waals surface area contributed by atoms with Gasteiger partial charge in [-0.25, -0.2) is 9.97 Å². The van der Waals surface area contributed by atoms with Gasteiger partial charge in [0.1, 0.15) is 17.8 Å². The molecule has 32 heavy (non-hydrogen) atoms. The third kappa shape index (κ3) is 4.87. The average Bonchev–Trinajstić information content (AvgIpc) is 3.15. The molecule has 0 spiro atoms. The first-order chi connectivity index (χ1) is 15.4. The quantitative estimate of drug-likeness (QED) is 0.434. The van der Waals surface area contributed by atoms with Crippen molar-refractivity contribution < 1.29 is 9.90 Å². The molecule has 0 saturated carbocycles. The van der Waals surface area contributed by atoms with E-state index < -0.39 is 5.54 Å². The van der Waals surface area contributed by atoms with E-state index in [1.165, 1.54) is 0 Å². The number of aromatic nitrogens is 3. The van der Waals surface area contributed by atoms with E-state index in [-0.39, 0.29) is 25.0 Å². The highest BCUT2D eigenvalue weighted by Gasteiger charge is 2.34. The van der Waals surface area contributed by atoms with Gasteiger partial charge < -0.3 is 26.0 Å². The maximum atomic E-state index is 12.8. The van der Waals surface area contributed by atoms with Gasteiger partial charge in [0, 0.05) is 42.9 Å². The minimum absolute atomic E-state index is 0.0255. The number of carbonyl (C=O) groups is 1. The zero-order chi connectivity index (χ0) is 22.7. The van der Waals surface area contributed by atoms with E-state index in [1.807, 2.05) is 25.3 Å². The Balaban J connectivity index is 1.39. The van der Waals surface area contributed by atoms with Crippen LogP contribution in [0.1, 0.15) is 42.9 Å². The highest BCUT2D eigenvalue weighted by atomic mass is 35.5. The number of aromatic amines is 1. The molecule has 1 atom stereocenters. The van der Waals surface area contributed by atoms with Gasteiger partial charge in [0.15, 0.2) is 0 Å². The summed E-state index contributed by atoms with van der Waals surface area (Å²) in [4.78, 5) is 27.0. The third-order valence-corrected chi connectivity index (χ3v) is 6.50. The third-order valence-electron chi connectivity index (χ3n) is 6.24. The molecule has 170 valence electrons. The van der Waals surface area contributed by atoms with Gasteiger partial charge in [0.05, 0.1) is 11.4 Å². The molecule has 0 aliphatic carbocycles. The van der Waals surface area contributed by atoms with Crippen LogP contribution in [0.4, 0.5) is 5.82 Å². The molecule has 1 aliphatic rings. The molecule has 1 amide bonds. The number of nitrogens with one attached hydrogen (secondary N) is 2. The van der Waals surface area contributed by atoms with Crippen LogP contribution >= 0.6 is 11.6 Å². The second kappa shape index (κ2) is 9.44. The van der Waals surface area contributed by atoms with Gasteiger partial charge in [0.2, 0.25) is 5.91 Å². The molecule has 3 heterocycles. The number of carbonyl (C=O) groups excluding carboxylic acids is 1. The minimum Gasteiger partial charge on any atom is -0.396 e. The van der Waals surface area contributed by atoms with Crippen LogP contribution < -0.4 is 16.0 Å². The number of H-pyrrole nitrogens is 1. The van der Waals surface area contributed by atoms with Gasteiger partial charge in [-0.15, -0.1) is 0 Å². The summed E-state index contributed by atoms with van der Waals surface area (Å²) in [6, 6.07) is 7.02. The fraction of sp³-hybridized carbons (Fsp3) is 0.435. The molecule has 0 radical (unpaired) electrons. The average molecular weight is 457 g/mol. The smallest absolute Gasteiger partial charge is 0.222 e. The van der Waals surface area contributed by atoms with E-state index >= 15 is 0 Å². The number of piperidine rings is 1. The Kier molecular flexibility index (Phi) is 6.64. The summed E-state index contributed by atoms with van der Waals surface area (Å²) in [6.07, 6.45) is 5.54. The fourth-order valence-electron chi connectivity index (χ4n) is 4.39. The van der Waals surface area contributed by atoms with Crippen LogP contribution in [0.25, 0.3) is 11.0 Å². The Morgan fingerprint density at radius 2 is 2.03 bits per heavy atom. The van der Waals surface area contributed by atoms with Crippen LogP contribution in [-0.4, -0.2) is 51.2 Å². The van der Waals surface area contributed by atoms with Crippen molar-refractivity contribution in [1.82, 2.24) is 20.3 Å². The number of anilines is 1. The SMILES string of the molecule is Cc1c[nH]c2ncnc(N3CCC(N)(CC(=O)N[C@@H](CCO)c4ccc(Cl)cc4)CC3)c12. The number of aryl methyl sites for hydroxylation is 1. The number of halogens is 1. The predicted molar refractivity (Wildman–Crippen MR) is 126 cm³/mol. The molecule has 1 fully saturated rings. The van der Waals surface area contributed by atoms with Gasteiger partial charge in [-0.3, -0.25) is 4.79 Å². The summed E-state index contributed by atoms with van der Waals surface area (Å²) in [5, 5.41) is 14.1. The van der Waals surface area contributed by atoms with E-state index in [0.29, 0.717) is 24.3 Å². The van der Waals surface area contributed by atoms with Crippen LogP contribution in [0.5, 0.6) is 0 Å². The van der Waals surface area contributed by atoms with Crippen molar-refractivity contribution in [2.75, 3.05) is 24.6 Å². The molecule has 0 unspecified atom stereocenters. The first-order valence-corrected chi connectivity index (χ1v) is 11.2. The lowest BCUT2D eigenvalue weighted by Crippen LogP contribution is -2.53. The molecule has 1 aliphatic heterocycles. The van der Waals surface area contributed by atoms with E-state index in [1.54, 1.807) is 18.5 Å². The lowest BCUT2D eigenvalue weighted by atomic mass is 9.85. The van der Waals surface area contributed by atoms with Crippen molar-refractivity contribution in [3.8, 4) is 0 Å². The molecule has 1 saturated heterocycles. The molecule has 5 N–H and O–H groups in total. The highest BCUT2D eigenvalue weighted by molar-refractivity contribution is 6.30. The Morgan fingerprint density at radius 3 is 2.72 bits per heavy atom. The summed E-state index contributed by atoms with van der Waals surface area (Å²) in [5.74, 6) is 0.797. The zero-order valence-corrected chi connectivity index (χ0v) is 18.9. The lowest BCUT2D eigenvalue weighted by Gasteiger charge is -2.39. The van der Waals surface area contributed by atoms with Crippen LogP contribution in [0.15, 0.2) is 36.8 Å². The number of aliphatic hydroxyl groups is 1. The van der Waals surface area contributed by atoms with Crippen molar-refractivity contribution >= 4 is 34.4 Å². The molecule has 2 aromatic heterocycles. The summed E-state index contributed by atoms with van der Waals surface area (Å²) >= 11 is 5.97. The van der Waals surface area contributed by atoms with E-state index in [0.717, 1.165) is 41.1 Å². The standard InChI is InChI=1S/C23H29ClN6O2/c1-15-13-26-21-20(15)22(28-14-27-21)30-9-7-23(25,8-10-30)12-19(32)29-18(6-11-31)16-2-4-17(24)5-3-16/h2-5,13-14,18,31H,6-12,25H2,1H3,(H,29,32)(H,26,27,28)/t18-/m0/s1. The first kappa shape index (κ1) is 22.5. The van der Waals surface area contributed by atoms with Gasteiger partial charge >= 0.3 is 0 Å². The largest absolute Gasteiger partial charge is 0.396 e. The topological polar surface area (TPSA) is 120 Å². The number of aliphatic hydroxyl groups excluding tert-OH is 1. The maximum absolute atomic E-state index is 12.8. The summed E-state index contributed by atoms with van der Waals surface area (Å²) in [7, 11) is 0. The molecular formula is C23H29ClN6O2. The summed E-state index contributed by atoms with van der Waals surface area (Å²) in [6.45, 7) is 3.45. The second-order valence-electron chi connectivity index (χ2n) is 8.60. The van der Waals surface area contributed by atoms with Gasteiger partial charge in [-0.1, -0.05) is 23.7 Å². The van der Waals surface area contributed by atoms with Crippen molar-refractivity contribution in [3.63, 3.8) is 0 Å². The van der Waals surface area contributed by atoms with Crippen LogP contribution in [-0.2, 0) is 4.79 Å². The van der Waals surface area contributed by atoms with Gasteiger partial charge in [-0.05, 0) is 49.4 Å². The highest BCUT2D eigenvalue weighted by Crippen LogP contribution is 2.31. The number of nitrogens with two attached hydrogens (primary N) is 1. The zero-order valence-electron chi connectivity index (χ0n) is 18.1.